The molecule has 2 aromatic carbocycles. The summed E-state index contributed by atoms with van der Waals surface area (Å²) in [5.41, 5.74) is 10.4. The van der Waals surface area contributed by atoms with E-state index in [1.807, 2.05) is 72.0 Å². The number of hydrogen-bond acceptors (Lipinski definition) is 6. The number of para-hydroxylation sites is 2. The second-order valence-electron chi connectivity index (χ2n) is 14.4. The molecule has 0 amide bonds. The van der Waals surface area contributed by atoms with Crippen molar-refractivity contribution in [2.75, 3.05) is 55.0 Å². The van der Waals surface area contributed by atoms with Gasteiger partial charge in [-0.1, -0.05) is 59.0 Å². The Hall–Kier alpha value is -2.88. The third kappa shape index (κ3) is 11.0. The zero-order valence-corrected chi connectivity index (χ0v) is 40.9. The second-order valence-corrected chi connectivity index (χ2v) is 15.5. The van der Waals surface area contributed by atoms with E-state index in [9.17, 15) is 0 Å². The van der Waals surface area contributed by atoms with Crippen molar-refractivity contribution in [1.82, 2.24) is 9.97 Å². The van der Waals surface area contributed by atoms with Gasteiger partial charge in [0.1, 0.15) is 0 Å². The van der Waals surface area contributed by atoms with Crippen molar-refractivity contribution in [3.05, 3.63) is 133 Å². The van der Waals surface area contributed by atoms with Crippen molar-refractivity contribution in [1.29, 1.82) is 0 Å². The standard InChI is InChI=1S/C23H28N4O.C20H19IN3O.3HI/c1-25-13-7-11-21-23(25)24-22(28-21)17-18-12-15-26(14-8-16-27(2,3)4)20-10-6-5-9-19(18)20;1-23-11-4-8-18-20(23)22-19(25-18)14-15-9-13-24(12-5-10-21)17-7-3-2-6-16(15)17;;;/h5-7,9-13,15,17H,8,14,16H2,1-4H3;2-4,6-9,11,13-14H,5,10,12H2,1H3;3*1H/q+2;+1;;;/p-3. The van der Waals surface area contributed by atoms with E-state index in [1.54, 1.807) is 0 Å². The van der Waals surface area contributed by atoms with Crippen LogP contribution < -0.4 is 90.9 Å². The van der Waals surface area contributed by atoms with Crippen LogP contribution in [0.25, 0.3) is 45.8 Å². The molecule has 6 aromatic rings. The molecule has 0 bridgehead atoms. The van der Waals surface area contributed by atoms with E-state index in [0.29, 0.717) is 11.8 Å². The van der Waals surface area contributed by atoms with E-state index in [2.05, 4.69) is 137 Å². The zero-order valence-electron chi connectivity index (χ0n) is 32.2. The van der Waals surface area contributed by atoms with Gasteiger partial charge in [0.2, 0.25) is 11.2 Å². The highest BCUT2D eigenvalue weighted by Crippen LogP contribution is 2.35. The van der Waals surface area contributed by atoms with Crippen molar-refractivity contribution in [2.45, 2.75) is 12.8 Å². The number of quaternary nitrogens is 1. The smallest absolute Gasteiger partial charge is 0.370 e. The maximum absolute atomic E-state index is 5.94. The van der Waals surface area contributed by atoms with Gasteiger partial charge >= 0.3 is 23.1 Å². The molecule has 0 atom stereocenters. The molecule has 0 saturated carbocycles. The van der Waals surface area contributed by atoms with Gasteiger partial charge in [0.05, 0.1) is 54.2 Å². The topological polar surface area (TPSA) is 66.3 Å². The van der Waals surface area contributed by atoms with Crippen molar-refractivity contribution in [2.24, 2.45) is 14.1 Å². The Labute approximate surface area is 394 Å². The fraction of sp³-hybridized carbons (Fsp3) is 0.256. The van der Waals surface area contributed by atoms with Crippen LogP contribution in [0.2, 0.25) is 0 Å². The third-order valence-corrected chi connectivity index (χ3v) is 10.1. The quantitative estimate of drug-likeness (QED) is 0.0802. The van der Waals surface area contributed by atoms with Crippen LogP contribution in [0.5, 0.6) is 0 Å². The summed E-state index contributed by atoms with van der Waals surface area (Å²) in [5.74, 6) is 1.26. The summed E-state index contributed by atoms with van der Waals surface area (Å²) < 4.78 is 17.9. The number of rotatable bonds is 9. The molecule has 0 fully saturated rings. The van der Waals surface area contributed by atoms with Crippen LogP contribution in [0.3, 0.4) is 0 Å². The first-order valence-corrected chi connectivity index (χ1v) is 19.6. The minimum Gasteiger partial charge on any atom is -1.00 e. The molecule has 2 aliphatic rings. The molecule has 2 aliphatic heterocycles. The van der Waals surface area contributed by atoms with Crippen molar-refractivity contribution in [3.8, 4) is 0 Å². The van der Waals surface area contributed by atoms with Crippen molar-refractivity contribution < 1.29 is 94.4 Å². The van der Waals surface area contributed by atoms with E-state index < -0.39 is 0 Å². The summed E-state index contributed by atoms with van der Waals surface area (Å²) in [4.78, 5) is 13.9. The Morgan fingerprint density at radius 1 is 0.643 bits per heavy atom. The first-order valence-electron chi connectivity index (χ1n) is 18.1. The third-order valence-electron chi connectivity index (χ3n) is 9.32. The molecular weight excluding hydrogens is 1150 g/mol. The summed E-state index contributed by atoms with van der Waals surface area (Å²) in [6.07, 6.45) is 18.9. The zero-order chi connectivity index (χ0) is 37.0. The van der Waals surface area contributed by atoms with Crippen LogP contribution in [0, 0.1) is 0 Å². The van der Waals surface area contributed by atoms with E-state index in [1.165, 1.54) is 28.9 Å². The van der Waals surface area contributed by atoms with Gasteiger partial charge in [-0.2, -0.15) is 0 Å². The van der Waals surface area contributed by atoms with Gasteiger partial charge in [0.15, 0.2) is 0 Å². The van der Waals surface area contributed by atoms with Gasteiger partial charge in [0.25, 0.3) is 0 Å². The number of aromatic nitrogens is 4. The Morgan fingerprint density at radius 2 is 1.09 bits per heavy atom. The molecule has 0 aliphatic carbocycles. The maximum Gasteiger partial charge on any atom is 0.370 e. The molecular formula is C43H47I4N7O2. The largest absolute Gasteiger partial charge is 1.00 e. The number of anilines is 2. The van der Waals surface area contributed by atoms with Crippen LogP contribution in [-0.4, -0.2) is 59.7 Å². The minimum absolute atomic E-state index is 0. The van der Waals surface area contributed by atoms with Gasteiger partial charge in [0, 0.05) is 81.0 Å². The highest BCUT2D eigenvalue weighted by Gasteiger charge is 2.22. The number of allylic oxidation sites excluding steroid dienone is 4. The molecule has 0 unspecified atom stereocenters. The lowest BCUT2D eigenvalue weighted by Crippen LogP contribution is -3.00. The number of aryl methyl sites for hydroxylation is 2. The van der Waals surface area contributed by atoms with Crippen LogP contribution in [0.4, 0.5) is 11.4 Å². The van der Waals surface area contributed by atoms with Crippen LogP contribution >= 0.6 is 22.6 Å². The summed E-state index contributed by atoms with van der Waals surface area (Å²) in [6, 6.07) is 24.9. The Balaban J connectivity index is 0.000000237. The Morgan fingerprint density at radius 3 is 1.52 bits per heavy atom. The number of pyridine rings is 2. The monoisotopic (exact) mass is 1200 g/mol. The number of alkyl halides is 1. The number of halogens is 4. The van der Waals surface area contributed by atoms with Gasteiger partial charge in [-0.15, -0.1) is 0 Å². The van der Waals surface area contributed by atoms with Gasteiger partial charge in [-0.25, -0.2) is 9.13 Å². The van der Waals surface area contributed by atoms with Crippen LogP contribution in [-0.2, 0) is 14.1 Å². The molecule has 0 N–H and O–H groups in total. The lowest BCUT2D eigenvalue weighted by atomic mass is 9.99. The predicted octanol–water partition coefficient (Wildman–Crippen LogP) is -1.01. The van der Waals surface area contributed by atoms with E-state index >= 15 is 0 Å². The number of benzene rings is 2. The molecule has 0 spiro atoms. The normalized spacial score (nSPS) is 14.5. The number of hydrogen-bond donors (Lipinski definition) is 0. The van der Waals surface area contributed by atoms with E-state index in [-0.39, 0.29) is 71.9 Å². The Bertz CT molecular complexity index is 2380. The summed E-state index contributed by atoms with van der Waals surface area (Å²) in [7, 11) is 10.7. The van der Waals surface area contributed by atoms with Gasteiger partial charge in [-0.3, -0.25) is 0 Å². The lowest BCUT2D eigenvalue weighted by molar-refractivity contribution is -0.870. The first-order chi connectivity index (χ1) is 25.7. The van der Waals surface area contributed by atoms with Gasteiger partial charge < -0.3 is 95.0 Å². The fourth-order valence-corrected chi connectivity index (χ4v) is 7.00. The molecule has 4 aromatic heterocycles. The molecule has 56 heavy (non-hydrogen) atoms. The molecule has 13 heteroatoms. The fourth-order valence-electron chi connectivity index (χ4n) is 6.66. The van der Waals surface area contributed by atoms with Crippen LogP contribution in [0.15, 0.2) is 119 Å². The highest BCUT2D eigenvalue weighted by atomic mass is 127. The summed E-state index contributed by atoms with van der Waals surface area (Å²) in [5, 5.41) is 0. The van der Waals surface area contributed by atoms with Gasteiger partial charge in [-0.05, 0) is 66.1 Å². The highest BCUT2D eigenvalue weighted by molar-refractivity contribution is 14.1. The molecule has 6 heterocycles. The number of nitrogens with zero attached hydrogens (tertiary/aromatic N) is 7. The lowest BCUT2D eigenvalue weighted by Gasteiger charge is -2.29. The second kappa shape index (κ2) is 20.7. The number of oxazole rings is 2. The predicted molar refractivity (Wildman–Crippen MR) is 223 cm³/mol. The first kappa shape index (κ1) is 45.8. The Kier molecular flexibility index (Phi) is 16.9. The summed E-state index contributed by atoms with van der Waals surface area (Å²) >= 11 is 2.43. The van der Waals surface area contributed by atoms with E-state index in [0.717, 1.165) is 68.6 Å². The molecule has 0 saturated heterocycles. The summed E-state index contributed by atoms with van der Waals surface area (Å²) in [6.45, 7) is 3.19. The number of fused-ring (bicyclic) bond motifs is 4. The van der Waals surface area contributed by atoms with Crippen molar-refractivity contribution >= 4 is 79.7 Å². The average Bonchev–Trinajstić information content (AvgIpc) is 3.77. The minimum atomic E-state index is 0. The van der Waals surface area contributed by atoms with E-state index in [4.69, 9.17) is 8.83 Å². The van der Waals surface area contributed by atoms with Crippen LogP contribution in [0.1, 0.15) is 35.7 Å². The SMILES string of the molecule is C[n+]1cccc2oc(/C=C3\C=CN(CCCI)c4ccccc43)nc21.C[n+]1cccc2oc(/C=C3\C=CN(CCC[N+](C)(C)C)c4ccccc43)nc21.[I-].[I-].[I-]. The molecule has 294 valence electrons. The maximum atomic E-state index is 5.94. The van der Waals surface area contributed by atoms with Crippen molar-refractivity contribution in [3.63, 3.8) is 0 Å². The molecule has 0 radical (unpaired) electrons. The molecule has 9 nitrogen and oxygen atoms in total. The average molecular weight is 1200 g/mol. The molecule has 8 rings (SSSR count).